The molecule has 0 bridgehead atoms. The zero-order valence-electron chi connectivity index (χ0n) is 8.53. The Morgan fingerprint density at radius 2 is 2.27 bits per heavy atom. The van der Waals surface area contributed by atoms with Crippen molar-refractivity contribution in [2.75, 3.05) is 0 Å². The number of carbonyl (C=O) groups is 1. The van der Waals surface area contributed by atoms with Gasteiger partial charge >= 0.3 is 5.97 Å². The van der Waals surface area contributed by atoms with E-state index in [0.717, 1.165) is 11.1 Å². The van der Waals surface area contributed by atoms with Gasteiger partial charge < -0.3 is 10.8 Å². The third kappa shape index (κ3) is 3.02. The largest absolute Gasteiger partial charge is 0.480 e. The molecule has 0 saturated carbocycles. The van der Waals surface area contributed by atoms with Gasteiger partial charge in [-0.05, 0) is 30.0 Å². The van der Waals surface area contributed by atoms with E-state index in [-0.39, 0.29) is 6.42 Å². The van der Waals surface area contributed by atoms with Gasteiger partial charge in [-0.2, -0.15) is 0 Å². The number of benzene rings is 1. The molecule has 1 atom stereocenters. The first kappa shape index (κ1) is 11.7. The summed E-state index contributed by atoms with van der Waals surface area (Å²) in [5.74, 6) is -1.03. The topological polar surface area (TPSA) is 63.3 Å². The number of hydrogen-bond acceptors (Lipinski definition) is 2. The van der Waals surface area contributed by atoms with Gasteiger partial charge in [0.1, 0.15) is 12.7 Å². The Balaban J connectivity index is 2.79. The van der Waals surface area contributed by atoms with Crippen LogP contribution in [0.25, 0.3) is 0 Å². The van der Waals surface area contributed by atoms with Crippen LogP contribution in [-0.4, -0.2) is 17.1 Å². The molecule has 3 N–H and O–H groups in total. The molecule has 0 spiro atoms. The molecule has 4 heteroatoms. The standard InChI is InChI=1S/C11H14FNO2/c1-7-4-8(2-3-9(7)6-12)5-10(13)11(14)15/h2-4,10H,5-6,13H2,1H3,(H,14,15). The average Bonchev–Trinajstić information content (AvgIpc) is 2.18. The molecule has 1 unspecified atom stereocenters. The van der Waals surface area contributed by atoms with Gasteiger partial charge in [0.05, 0.1) is 0 Å². The van der Waals surface area contributed by atoms with E-state index < -0.39 is 18.7 Å². The average molecular weight is 211 g/mol. The number of carboxylic acids is 1. The Labute approximate surface area is 87.7 Å². The highest BCUT2D eigenvalue weighted by atomic mass is 19.1. The van der Waals surface area contributed by atoms with Crippen LogP contribution in [0.3, 0.4) is 0 Å². The number of rotatable bonds is 4. The van der Waals surface area contributed by atoms with Crippen LogP contribution in [0.4, 0.5) is 4.39 Å². The third-order valence-electron chi connectivity index (χ3n) is 2.32. The quantitative estimate of drug-likeness (QED) is 0.791. The van der Waals surface area contributed by atoms with Crippen molar-refractivity contribution in [2.45, 2.75) is 26.1 Å². The van der Waals surface area contributed by atoms with Crippen molar-refractivity contribution in [1.82, 2.24) is 0 Å². The van der Waals surface area contributed by atoms with Gasteiger partial charge in [0.2, 0.25) is 0 Å². The van der Waals surface area contributed by atoms with Crippen LogP contribution in [0.5, 0.6) is 0 Å². The van der Waals surface area contributed by atoms with Crippen LogP contribution in [0.15, 0.2) is 18.2 Å². The van der Waals surface area contributed by atoms with Crippen molar-refractivity contribution in [3.8, 4) is 0 Å². The fourth-order valence-corrected chi connectivity index (χ4v) is 1.38. The van der Waals surface area contributed by atoms with Crippen molar-refractivity contribution >= 4 is 5.97 Å². The molecular formula is C11H14FNO2. The highest BCUT2D eigenvalue weighted by Crippen LogP contribution is 2.13. The maximum Gasteiger partial charge on any atom is 0.320 e. The van der Waals surface area contributed by atoms with Gasteiger partial charge in [-0.15, -0.1) is 0 Å². The minimum absolute atomic E-state index is 0.267. The monoisotopic (exact) mass is 211 g/mol. The lowest BCUT2D eigenvalue weighted by Crippen LogP contribution is -2.32. The van der Waals surface area contributed by atoms with Crippen LogP contribution in [0, 0.1) is 6.92 Å². The van der Waals surface area contributed by atoms with Gasteiger partial charge in [-0.1, -0.05) is 18.2 Å². The summed E-state index contributed by atoms with van der Waals surface area (Å²) in [5, 5.41) is 8.63. The molecule has 0 aliphatic carbocycles. The maximum absolute atomic E-state index is 12.4. The lowest BCUT2D eigenvalue weighted by Gasteiger charge is -2.08. The van der Waals surface area contributed by atoms with E-state index in [1.54, 1.807) is 25.1 Å². The van der Waals surface area contributed by atoms with E-state index >= 15 is 0 Å². The van der Waals surface area contributed by atoms with E-state index in [4.69, 9.17) is 10.8 Å². The molecule has 1 aromatic rings. The van der Waals surface area contributed by atoms with E-state index in [2.05, 4.69) is 0 Å². The summed E-state index contributed by atoms with van der Waals surface area (Å²) in [5.41, 5.74) is 7.67. The third-order valence-corrected chi connectivity index (χ3v) is 2.32. The van der Waals surface area contributed by atoms with Crippen molar-refractivity contribution < 1.29 is 14.3 Å². The maximum atomic E-state index is 12.4. The lowest BCUT2D eigenvalue weighted by atomic mass is 10.0. The van der Waals surface area contributed by atoms with Crippen LogP contribution < -0.4 is 5.73 Å². The molecule has 0 aromatic heterocycles. The summed E-state index contributed by atoms with van der Waals surface area (Å²) in [6, 6.07) is 4.25. The first-order valence-corrected chi connectivity index (χ1v) is 4.67. The zero-order chi connectivity index (χ0) is 11.4. The van der Waals surface area contributed by atoms with Gasteiger partial charge in [0.15, 0.2) is 0 Å². The Bertz CT molecular complexity index is 366. The van der Waals surface area contributed by atoms with Crippen molar-refractivity contribution in [3.05, 3.63) is 34.9 Å². The van der Waals surface area contributed by atoms with E-state index in [1.807, 2.05) is 0 Å². The Morgan fingerprint density at radius 3 is 2.73 bits per heavy atom. The Hall–Kier alpha value is -1.42. The summed E-state index contributed by atoms with van der Waals surface area (Å²) in [6.07, 6.45) is 0.267. The lowest BCUT2D eigenvalue weighted by molar-refractivity contribution is -0.138. The predicted molar refractivity (Wildman–Crippen MR) is 55.3 cm³/mol. The number of halogens is 1. The van der Waals surface area contributed by atoms with Crippen LogP contribution in [-0.2, 0) is 17.9 Å². The molecule has 15 heavy (non-hydrogen) atoms. The fourth-order valence-electron chi connectivity index (χ4n) is 1.38. The Kier molecular flexibility index (Phi) is 3.80. The second-order valence-electron chi connectivity index (χ2n) is 3.54. The minimum atomic E-state index is -1.03. The van der Waals surface area contributed by atoms with Crippen molar-refractivity contribution in [2.24, 2.45) is 5.73 Å². The number of aryl methyl sites for hydroxylation is 1. The number of nitrogens with two attached hydrogens (primary N) is 1. The van der Waals surface area contributed by atoms with Gasteiger partial charge in [0, 0.05) is 0 Å². The molecule has 1 rings (SSSR count). The first-order valence-electron chi connectivity index (χ1n) is 4.67. The van der Waals surface area contributed by atoms with Crippen LogP contribution in [0.2, 0.25) is 0 Å². The molecule has 82 valence electrons. The highest BCUT2D eigenvalue weighted by Gasteiger charge is 2.12. The fraction of sp³-hybridized carbons (Fsp3) is 0.364. The molecular weight excluding hydrogens is 197 g/mol. The molecule has 0 saturated heterocycles. The second kappa shape index (κ2) is 4.89. The summed E-state index contributed by atoms with van der Waals surface area (Å²) >= 11 is 0. The molecule has 1 aromatic carbocycles. The first-order chi connectivity index (χ1) is 7.04. The molecule has 0 aliphatic rings. The van der Waals surface area contributed by atoms with E-state index in [0.29, 0.717) is 5.56 Å². The summed E-state index contributed by atoms with van der Waals surface area (Å²) < 4.78 is 12.4. The SMILES string of the molecule is Cc1cc(CC(N)C(=O)O)ccc1CF. The second-order valence-corrected chi connectivity index (χ2v) is 3.54. The van der Waals surface area contributed by atoms with Crippen LogP contribution in [0.1, 0.15) is 16.7 Å². The predicted octanol–water partition coefficient (Wildman–Crippen LogP) is 1.42. The molecule has 0 amide bonds. The van der Waals surface area contributed by atoms with Gasteiger partial charge in [-0.3, -0.25) is 4.79 Å². The van der Waals surface area contributed by atoms with Crippen LogP contribution >= 0.6 is 0 Å². The minimum Gasteiger partial charge on any atom is -0.480 e. The highest BCUT2D eigenvalue weighted by molar-refractivity contribution is 5.73. The number of alkyl halides is 1. The normalized spacial score (nSPS) is 12.5. The molecule has 0 heterocycles. The summed E-state index contributed by atoms with van der Waals surface area (Å²) in [6.45, 7) is 1.29. The summed E-state index contributed by atoms with van der Waals surface area (Å²) in [7, 11) is 0. The molecule has 3 nitrogen and oxygen atoms in total. The van der Waals surface area contributed by atoms with Crippen molar-refractivity contribution in [1.29, 1.82) is 0 Å². The number of aliphatic carboxylic acids is 1. The number of hydrogen-bond donors (Lipinski definition) is 2. The molecule has 0 aliphatic heterocycles. The zero-order valence-corrected chi connectivity index (χ0v) is 8.53. The summed E-state index contributed by atoms with van der Waals surface area (Å²) in [4.78, 5) is 10.5. The number of carboxylic acid groups (broad SMARTS) is 1. The smallest absolute Gasteiger partial charge is 0.320 e. The van der Waals surface area contributed by atoms with E-state index in [9.17, 15) is 9.18 Å². The van der Waals surface area contributed by atoms with E-state index in [1.165, 1.54) is 0 Å². The van der Waals surface area contributed by atoms with Gasteiger partial charge in [-0.25, -0.2) is 4.39 Å². The molecule has 0 fully saturated rings. The molecule has 0 radical (unpaired) electrons. The Morgan fingerprint density at radius 1 is 1.60 bits per heavy atom. The van der Waals surface area contributed by atoms with Crippen molar-refractivity contribution in [3.63, 3.8) is 0 Å². The van der Waals surface area contributed by atoms with Gasteiger partial charge in [0.25, 0.3) is 0 Å².